The average Bonchev–Trinajstić information content (AvgIpc) is 2.49. The average molecular weight is 304 g/mol. The molecule has 0 fully saturated rings. The minimum Gasteiger partial charge on any atom is -0.228 e. The van der Waals surface area contributed by atoms with Crippen LogP contribution in [0.2, 0.25) is 0 Å². The molecule has 0 aromatic heterocycles. The lowest BCUT2D eigenvalue weighted by Crippen LogP contribution is -2.07. The van der Waals surface area contributed by atoms with Crippen molar-refractivity contribution in [1.29, 1.82) is 0 Å². The summed E-state index contributed by atoms with van der Waals surface area (Å²) in [6.45, 7) is 7.73. The highest BCUT2D eigenvalue weighted by Gasteiger charge is 2.14. The lowest BCUT2D eigenvalue weighted by atomic mass is 9.88. The summed E-state index contributed by atoms with van der Waals surface area (Å²) >= 11 is 9.41. The van der Waals surface area contributed by atoms with Crippen LogP contribution in [0.1, 0.15) is 48.6 Å². The molecular weight excluding hydrogens is 284 g/mol. The van der Waals surface area contributed by atoms with Crippen molar-refractivity contribution in [1.82, 2.24) is 0 Å². The molecular formula is C16H20N2S2. The van der Waals surface area contributed by atoms with E-state index >= 15 is 0 Å². The van der Waals surface area contributed by atoms with E-state index in [0.29, 0.717) is 13.1 Å². The zero-order chi connectivity index (χ0) is 15.0. The Morgan fingerprint density at radius 3 is 1.55 bits per heavy atom. The number of benzene rings is 1. The first-order valence-electron chi connectivity index (χ1n) is 6.95. The van der Waals surface area contributed by atoms with Gasteiger partial charge in [-0.3, -0.25) is 0 Å². The number of hydrogen-bond acceptors (Lipinski definition) is 4. The van der Waals surface area contributed by atoms with E-state index in [0.717, 1.165) is 19.3 Å². The highest BCUT2D eigenvalue weighted by atomic mass is 32.1. The van der Waals surface area contributed by atoms with Crippen LogP contribution in [-0.4, -0.2) is 10.3 Å². The van der Waals surface area contributed by atoms with Gasteiger partial charge in [-0.25, -0.2) is 9.98 Å². The maximum absolute atomic E-state index is 4.70. The van der Waals surface area contributed by atoms with Crippen molar-refractivity contribution < 1.29 is 0 Å². The van der Waals surface area contributed by atoms with Gasteiger partial charge in [-0.1, -0.05) is 26.8 Å². The van der Waals surface area contributed by atoms with Gasteiger partial charge in [-0.15, -0.1) is 0 Å². The Hall–Kier alpha value is -1.18. The molecule has 0 N–H and O–H groups in total. The summed E-state index contributed by atoms with van der Waals surface area (Å²) in [5, 5.41) is 4.93. The molecule has 4 heteroatoms. The predicted octanol–water partition coefficient (Wildman–Crippen LogP) is 4.58. The van der Waals surface area contributed by atoms with E-state index in [9.17, 15) is 0 Å². The van der Waals surface area contributed by atoms with Crippen LogP contribution in [0.25, 0.3) is 0 Å². The molecule has 0 bridgehead atoms. The third kappa shape index (κ3) is 3.91. The van der Waals surface area contributed by atoms with E-state index in [2.05, 4.69) is 47.1 Å². The largest absolute Gasteiger partial charge is 0.228 e. The highest BCUT2D eigenvalue weighted by Crippen LogP contribution is 2.27. The molecule has 0 heterocycles. The van der Waals surface area contributed by atoms with Crippen LogP contribution >= 0.6 is 24.4 Å². The second kappa shape index (κ2) is 8.89. The summed E-state index contributed by atoms with van der Waals surface area (Å²) in [5.41, 5.74) is 6.59. The molecule has 0 aliphatic rings. The molecule has 0 radical (unpaired) electrons. The maximum Gasteiger partial charge on any atom is 0.0748 e. The first-order valence-corrected chi connectivity index (χ1v) is 7.77. The van der Waals surface area contributed by atoms with E-state index in [4.69, 9.17) is 24.4 Å². The lowest BCUT2D eigenvalue weighted by Gasteiger charge is -2.19. The molecule has 0 amide bonds. The first kappa shape index (κ1) is 16.9. The van der Waals surface area contributed by atoms with Gasteiger partial charge in [-0.05, 0) is 71.5 Å². The summed E-state index contributed by atoms with van der Waals surface area (Å²) in [6.07, 6.45) is 2.96. The third-order valence-electron chi connectivity index (χ3n) is 3.57. The molecule has 1 aromatic rings. The summed E-state index contributed by atoms with van der Waals surface area (Å²) in [5.74, 6) is 0. The Bertz CT molecular complexity index is 520. The van der Waals surface area contributed by atoms with Crippen molar-refractivity contribution in [3.8, 4) is 0 Å². The van der Waals surface area contributed by atoms with E-state index in [1.807, 2.05) is 0 Å². The van der Waals surface area contributed by atoms with Crippen LogP contribution in [0.5, 0.6) is 0 Å². The number of hydrogen-bond donors (Lipinski definition) is 0. The smallest absolute Gasteiger partial charge is 0.0748 e. The molecule has 0 saturated heterocycles. The van der Waals surface area contributed by atoms with Gasteiger partial charge in [0.2, 0.25) is 0 Å². The van der Waals surface area contributed by atoms with Gasteiger partial charge < -0.3 is 0 Å². The molecule has 0 spiro atoms. The Labute approximate surface area is 132 Å². The number of isothiocyanates is 2. The third-order valence-corrected chi connectivity index (χ3v) is 3.83. The minimum atomic E-state index is 0.605. The number of thiocarbonyl (C=S) groups is 2. The molecule has 1 rings (SSSR count). The van der Waals surface area contributed by atoms with Crippen LogP contribution in [0.15, 0.2) is 16.1 Å². The number of aryl methyl sites for hydroxylation is 2. The Morgan fingerprint density at radius 2 is 1.25 bits per heavy atom. The van der Waals surface area contributed by atoms with Crippen molar-refractivity contribution in [3.63, 3.8) is 0 Å². The van der Waals surface area contributed by atoms with Gasteiger partial charge in [0.05, 0.1) is 23.4 Å². The van der Waals surface area contributed by atoms with Gasteiger partial charge in [0.25, 0.3) is 0 Å². The van der Waals surface area contributed by atoms with Crippen LogP contribution < -0.4 is 0 Å². The Kier molecular flexibility index (Phi) is 7.50. The Balaban J connectivity index is 3.53. The summed E-state index contributed by atoms with van der Waals surface area (Å²) < 4.78 is 0. The van der Waals surface area contributed by atoms with Gasteiger partial charge in [0.15, 0.2) is 0 Å². The monoisotopic (exact) mass is 304 g/mol. The van der Waals surface area contributed by atoms with Crippen LogP contribution in [0, 0.1) is 0 Å². The van der Waals surface area contributed by atoms with Crippen LogP contribution in [0.3, 0.4) is 0 Å². The van der Waals surface area contributed by atoms with Gasteiger partial charge >= 0.3 is 0 Å². The molecule has 106 valence electrons. The number of aliphatic imine (C=N–C) groups is 2. The summed E-state index contributed by atoms with van der Waals surface area (Å²) in [6, 6.07) is 2.28. The van der Waals surface area contributed by atoms with Crippen LogP contribution in [-0.2, 0) is 32.4 Å². The molecule has 0 saturated carbocycles. The van der Waals surface area contributed by atoms with E-state index in [1.165, 1.54) is 27.8 Å². The molecule has 0 aliphatic carbocycles. The summed E-state index contributed by atoms with van der Waals surface area (Å²) in [7, 11) is 0. The normalized spacial score (nSPS) is 9.75. The first-order chi connectivity index (χ1) is 9.73. The zero-order valence-electron chi connectivity index (χ0n) is 12.3. The quantitative estimate of drug-likeness (QED) is 0.544. The van der Waals surface area contributed by atoms with Crippen molar-refractivity contribution in [2.24, 2.45) is 9.98 Å². The zero-order valence-corrected chi connectivity index (χ0v) is 14.0. The molecule has 2 nitrogen and oxygen atoms in total. The second-order valence-electron chi connectivity index (χ2n) is 4.51. The van der Waals surface area contributed by atoms with Crippen molar-refractivity contribution in [3.05, 3.63) is 33.9 Å². The SMILES string of the molecule is CCc1cc(CC)c(CN=C=S)c(CC)c1CN=C=S. The molecule has 20 heavy (non-hydrogen) atoms. The minimum absolute atomic E-state index is 0.605. The van der Waals surface area contributed by atoms with Crippen molar-refractivity contribution in [2.45, 2.75) is 53.1 Å². The molecule has 0 atom stereocenters. The van der Waals surface area contributed by atoms with E-state index in [1.54, 1.807) is 0 Å². The van der Waals surface area contributed by atoms with Crippen molar-refractivity contribution >= 4 is 34.8 Å². The fraction of sp³-hybridized carbons (Fsp3) is 0.500. The second-order valence-corrected chi connectivity index (χ2v) is 4.87. The van der Waals surface area contributed by atoms with E-state index in [-0.39, 0.29) is 0 Å². The van der Waals surface area contributed by atoms with Gasteiger partial charge in [0, 0.05) is 0 Å². The summed E-state index contributed by atoms with van der Waals surface area (Å²) in [4.78, 5) is 8.27. The van der Waals surface area contributed by atoms with Crippen molar-refractivity contribution in [2.75, 3.05) is 0 Å². The molecule has 0 aliphatic heterocycles. The fourth-order valence-electron chi connectivity index (χ4n) is 2.63. The number of rotatable bonds is 7. The van der Waals surface area contributed by atoms with Gasteiger partial charge in [-0.2, -0.15) is 0 Å². The van der Waals surface area contributed by atoms with Crippen LogP contribution in [0.4, 0.5) is 0 Å². The maximum atomic E-state index is 4.70. The Morgan fingerprint density at radius 1 is 0.800 bits per heavy atom. The molecule has 0 unspecified atom stereocenters. The molecule has 1 aromatic carbocycles. The lowest BCUT2D eigenvalue weighted by molar-refractivity contribution is 0.896. The topological polar surface area (TPSA) is 24.7 Å². The predicted molar refractivity (Wildman–Crippen MR) is 92.0 cm³/mol. The highest BCUT2D eigenvalue weighted by molar-refractivity contribution is 7.78. The fourth-order valence-corrected chi connectivity index (χ4v) is 2.76. The van der Waals surface area contributed by atoms with E-state index < -0.39 is 0 Å². The van der Waals surface area contributed by atoms with Gasteiger partial charge in [0.1, 0.15) is 0 Å². The number of nitrogens with zero attached hydrogens (tertiary/aromatic N) is 2. The standard InChI is InChI=1S/C16H20N2S2/c1-4-12-7-13(5-2)16(9-18-11-20)14(6-3)15(12)8-17-10-19/h7H,4-6,8-9H2,1-3H3.